The summed E-state index contributed by atoms with van der Waals surface area (Å²) in [6.07, 6.45) is 6.87. The summed E-state index contributed by atoms with van der Waals surface area (Å²) in [5.74, 6) is 0.773. The minimum Gasteiger partial charge on any atom is -0.378 e. The Morgan fingerprint density at radius 3 is 2.50 bits per heavy atom. The lowest BCUT2D eigenvalue weighted by Gasteiger charge is -2.41. The molecule has 1 aliphatic carbocycles. The first kappa shape index (κ1) is 14.0. The second-order valence-electron chi connectivity index (χ2n) is 5.66. The lowest BCUT2D eigenvalue weighted by Crippen LogP contribution is -2.47. The first-order valence-corrected chi connectivity index (χ1v) is 6.95. The lowest BCUT2D eigenvalue weighted by atomic mass is 9.87. The van der Waals surface area contributed by atoms with Crippen LogP contribution in [-0.4, -0.2) is 37.2 Å². The van der Waals surface area contributed by atoms with E-state index >= 15 is 0 Å². The normalized spacial score (nSPS) is 25.1. The molecule has 1 aliphatic rings. The Morgan fingerprint density at radius 2 is 1.94 bits per heavy atom. The molecule has 2 heteroatoms. The van der Waals surface area contributed by atoms with Crippen molar-refractivity contribution in [3.8, 4) is 0 Å². The number of nitrogens with zero attached hydrogens (tertiary/aromatic N) is 1. The van der Waals surface area contributed by atoms with Crippen molar-refractivity contribution in [2.24, 2.45) is 5.92 Å². The number of unbranched alkanes of at least 4 members (excludes halogenated alkanes) is 2. The van der Waals surface area contributed by atoms with Crippen LogP contribution >= 0.6 is 0 Å². The van der Waals surface area contributed by atoms with E-state index < -0.39 is 0 Å². The summed E-state index contributed by atoms with van der Waals surface area (Å²) in [6.45, 7) is 8.99. The van der Waals surface area contributed by atoms with Gasteiger partial charge in [0.1, 0.15) is 0 Å². The summed E-state index contributed by atoms with van der Waals surface area (Å²) >= 11 is 0. The van der Waals surface area contributed by atoms with Gasteiger partial charge in [-0.2, -0.15) is 0 Å². The smallest absolute Gasteiger partial charge is 0.0605 e. The summed E-state index contributed by atoms with van der Waals surface area (Å²) < 4.78 is 5.84. The van der Waals surface area contributed by atoms with E-state index in [9.17, 15) is 0 Å². The third-order valence-corrected chi connectivity index (χ3v) is 3.45. The highest BCUT2D eigenvalue weighted by Crippen LogP contribution is 2.28. The van der Waals surface area contributed by atoms with E-state index in [1.807, 2.05) is 0 Å². The van der Waals surface area contributed by atoms with E-state index in [0.29, 0.717) is 6.10 Å². The van der Waals surface area contributed by atoms with E-state index in [4.69, 9.17) is 4.74 Å². The van der Waals surface area contributed by atoms with Gasteiger partial charge in [-0.1, -0.05) is 33.6 Å². The van der Waals surface area contributed by atoms with Crippen molar-refractivity contribution < 1.29 is 4.74 Å². The largest absolute Gasteiger partial charge is 0.378 e. The fourth-order valence-corrected chi connectivity index (χ4v) is 2.36. The molecule has 0 atom stereocenters. The molecule has 2 nitrogen and oxygen atoms in total. The van der Waals surface area contributed by atoms with Crippen LogP contribution in [-0.2, 0) is 4.74 Å². The Kier molecular flexibility index (Phi) is 6.37. The topological polar surface area (TPSA) is 12.5 Å². The number of hydrogen-bond donors (Lipinski definition) is 0. The van der Waals surface area contributed by atoms with Crippen molar-refractivity contribution in [1.82, 2.24) is 4.90 Å². The molecule has 0 saturated heterocycles. The van der Waals surface area contributed by atoms with Crippen molar-refractivity contribution in [2.45, 2.75) is 65.0 Å². The first-order chi connectivity index (χ1) is 7.63. The molecule has 0 aliphatic heterocycles. The second kappa shape index (κ2) is 7.29. The summed E-state index contributed by atoms with van der Waals surface area (Å²) in [6, 6.07) is 0.776. The summed E-state index contributed by atoms with van der Waals surface area (Å²) in [5, 5.41) is 0. The standard InChI is InChI=1S/C14H29NO/c1-5-6-7-8-16-14-9-13(10-14)15(4)11-12(2)3/h12-14H,5-11H2,1-4H3. The zero-order valence-corrected chi connectivity index (χ0v) is 11.5. The van der Waals surface area contributed by atoms with Crippen LogP contribution in [0.15, 0.2) is 0 Å². The fourth-order valence-electron chi connectivity index (χ4n) is 2.36. The maximum Gasteiger partial charge on any atom is 0.0605 e. The van der Waals surface area contributed by atoms with Gasteiger partial charge in [0.05, 0.1) is 6.10 Å². The minimum atomic E-state index is 0.552. The highest BCUT2D eigenvalue weighted by Gasteiger charge is 2.32. The molecule has 0 amide bonds. The van der Waals surface area contributed by atoms with Gasteiger partial charge in [0.2, 0.25) is 0 Å². The predicted octanol–water partition coefficient (Wildman–Crippen LogP) is 3.31. The highest BCUT2D eigenvalue weighted by atomic mass is 16.5. The van der Waals surface area contributed by atoms with Gasteiger partial charge in [0.15, 0.2) is 0 Å². The van der Waals surface area contributed by atoms with E-state index in [0.717, 1.165) is 18.6 Å². The Hall–Kier alpha value is -0.0800. The van der Waals surface area contributed by atoms with E-state index in [1.165, 1.54) is 38.6 Å². The molecular formula is C14H29NO. The lowest BCUT2D eigenvalue weighted by molar-refractivity contribution is -0.0479. The number of rotatable bonds is 8. The predicted molar refractivity (Wildman–Crippen MR) is 69.8 cm³/mol. The average molecular weight is 227 g/mol. The van der Waals surface area contributed by atoms with Gasteiger partial charge in [0, 0.05) is 19.2 Å². The number of ether oxygens (including phenoxy) is 1. The Balaban J connectivity index is 1.99. The van der Waals surface area contributed by atoms with E-state index in [-0.39, 0.29) is 0 Å². The minimum absolute atomic E-state index is 0.552. The molecule has 0 unspecified atom stereocenters. The third kappa shape index (κ3) is 4.84. The van der Waals surface area contributed by atoms with Crippen LogP contribution < -0.4 is 0 Å². The average Bonchev–Trinajstić information content (AvgIpc) is 2.13. The Bertz CT molecular complexity index is 176. The molecule has 1 fully saturated rings. The van der Waals surface area contributed by atoms with Crippen molar-refractivity contribution >= 4 is 0 Å². The molecule has 0 spiro atoms. The number of hydrogen-bond acceptors (Lipinski definition) is 2. The Morgan fingerprint density at radius 1 is 1.25 bits per heavy atom. The highest BCUT2D eigenvalue weighted by molar-refractivity contribution is 4.87. The van der Waals surface area contributed by atoms with Crippen LogP contribution in [0.3, 0.4) is 0 Å². The van der Waals surface area contributed by atoms with Gasteiger partial charge in [-0.05, 0) is 32.2 Å². The Labute approximate surface area is 101 Å². The van der Waals surface area contributed by atoms with Gasteiger partial charge in [-0.3, -0.25) is 0 Å². The molecule has 16 heavy (non-hydrogen) atoms. The molecular weight excluding hydrogens is 198 g/mol. The summed E-state index contributed by atoms with van der Waals surface area (Å²) in [5.41, 5.74) is 0. The quantitative estimate of drug-likeness (QED) is 0.590. The maximum absolute atomic E-state index is 5.84. The van der Waals surface area contributed by atoms with Gasteiger partial charge in [-0.15, -0.1) is 0 Å². The maximum atomic E-state index is 5.84. The molecule has 1 saturated carbocycles. The SMILES string of the molecule is CCCCCOC1CC(N(C)CC(C)C)C1. The van der Waals surface area contributed by atoms with Crippen molar-refractivity contribution in [2.75, 3.05) is 20.2 Å². The van der Waals surface area contributed by atoms with E-state index in [1.54, 1.807) is 0 Å². The van der Waals surface area contributed by atoms with Crippen molar-refractivity contribution in [3.05, 3.63) is 0 Å². The van der Waals surface area contributed by atoms with Gasteiger partial charge >= 0.3 is 0 Å². The van der Waals surface area contributed by atoms with Crippen LogP contribution in [0, 0.1) is 5.92 Å². The zero-order valence-electron chi connectivity index (χ0n) is 11.5. The third-order valence-electron chi connectivity index (χ3n) is 3.45. The van der Waals surface area contributed by atoms with Crippen molar-refractivity contribution in [3.63, 3.8) is 0 Å². The first-order valence-electron chi connectivity index (χ1n) is 6.95. The molecule has 96 valence electrons. The summed E-state index contributed by atoms with van der Waals surface area (Å²) in [7, 11) is 2.25. The molecule has 0 N–H and O–H groups in total. The molecule has 0 aromatic heterocycles. The molecule has 0 aromatic rings. The van der Waals surface area contributed by atoms with Crippen LogP contribution in [0.5, 0.6) is 0 Å². The van der Waals surface area contributed by atoms with Gasteiger partial charge < -0.3 is 9.64 Å². The van der Waals surface area contributed by atoms with E-state index in [2.05, 4.69) is 32.7 Å². The van der Waals surface area contributed by atoms with Crippen LogP contribution in [0.2, 0.25) is 0 Å². The zero-order chi connectivity index (χ0) is 12.0. The van der Waals surface area contributed by atoms with Crippen LogP contribution in [0.1, 0.15) is 52.9 Å². The fraction of sp³-hybridized carbons (Fsp3) is 1.00. The van der Waals surface area contributed by atoms with Crippen LogP contribution in [0.4, 0.5) is 0 Å². The molecule has 1 rings (SSSR count). The van der Waals surface area contributed by atoms with Crippen LogP contribution in [0.25, 0.3) is 0 Å². The molecule has 0 heterocycles. The van der Waals surface area contributed by atoms with Gasteiger partial charge in [0.25, 0.3) is 0 Å². The van der Waals surface area contributed by atoms with Gasteiger partial charge in [-0.25, -0.2) is 0 Å². The summed E-state index contributed by atoms with van der Waals surface area (Å²) in [4.78, 5) is 2.50. The molecule has 0 bridgehead atoms. The monoisotopic (exact) mass is 227 g/mol. The van der Waals surface area contributed by atoms with Crippen molar-refractivity contribution in [1.29, 1.82) is 0 Å². The molecule has 0 aromatic carbocycles. The second-order valence-corrected chi connectivity index (χ2v) is 5.66. The molecule has 0 radical (unpaired) electrons.